The average molecular weight is 331 g/mol. The Hall–Kier alpha value is -1.11. The first kappa shape index (κ1) is 18.2. The minimum absolute atomic E-state index is 0.102. The van der Waals surface area contributed by atoms with E-state index >= 15 is 0 Å². The van der Waals surface area contributed by atoms with Gasteiger partial charge >= 0.3 is 6.18 Å². The van der Waals surface area contributed by atoms with Crippen LogP contribution in [0.25, 0.3) is 0 Å². The van der Waals surface area contributed by atoms with Gasteiger partial charge in [0.1, 0.15) is 0 Å². The van der Waals surface area contributed by atoms with E-state index in [-0.39, 0.29) is 12.0 Å². The van der Waals surface area contributed by atoms with Crippen LogP contribution in [0.15, 0.2) is 24.3 Å². The van der Waals surface area contributed by atoms with Crippen molar-refractivity contribution in [2.45, 2.75) is 25.4 Å². The molecule has 0 amide bonds. The van der Waals surface area contributed by atoms with Gasteiger partial charge in [0.2, 0.25) is 0 Å². The number of ether oxygens (including phenoxy) is 1. The molecule has 3 nitrogen and oxygen atoms in total. The SMILES string of the molecule is COCC1(CO)CCN(CCCc2cccc(C(F)(F)F)c2)C1. The smallest absolute Gasteiger partial charge is 0.396 e. The summed E-state index contributed by atoms with van der Waals surface area (Å²) in [5, 5.41) is 9.56. The molecule has 130 valence electrons. The predicted octanol–water partition coefficient (Wildman–Crippen LogP) is 2.97. The zero-order valence-electron chi connectivity index (χ0n) is 13.4. The molecule has 1 aromatic rings. The first-order valence-electron chi connectivity index (χ1n) is 7.87. The van der Waals surface area contributed by atoms with Crippen LogP contribution in [0.3, 0.4) is 0 Å². The summed E-state index contributed by atoms with van der Waals surface area (Å²) in [5.74, 6) is 0. The molecular weight excluding hydrogens is 307 g/mol. The van der Waals surface area contributed by atoms with Gasteiger partial charge in [0, 0.05) is 19.1 Å². The molecule has 0 spiro atoms. The van der Waals surface area contributed by atoms with Crippen LogP contribution < -0.4 is 0 Å². The Labute approximate surface area is 135 Å². The van der Waals surface area contributed by atoms with Crippen LogP contribution >= 0.6 is 0 Å². The molecule has 1 unspecified atom stereocenters. The Kier molecular flexibility index (Phi) is 6.06. The van der Waals surface area contributed by atoms with Crippen molar-refractivity contribution < 1.29 is 23.0 Å². The highest BCUT2D eigenvalue weighted by atomic mass is 19.4. The lowest BCUT2D eigenvalue weighted by Crippen LogP contribution is -2.34. The van der Waals surface area contributed by atoms with E-state index in [4.69, 9.17) is 4.74 Å². The normalized spacial score (nSPS) is 22.7. The first-order valence-corrected chi connectivity index (χ1v) is 7.87. The number of aliphatic hydroxyl groups is 1. The van der Waals surface area contributed by atoms with Crippen molar-refractivity contribution in [1.82, 2.24) is 4.90 Å². The van der Waals surface area contributed by atoms with Gasteiger partial charge in [-0.15, -0.1) is 0 Å². The van der Waals surface area contributed by atoms with Crippen molar-refractivity contribution in [3.05, 3.63) is 35.4 Å². The van der Waals surface area contributed by atoms with Gasteiger partial charge in [-0.25, -0.2) is 0 Å². The first-order chi connectivity index (χ1) is 10.9. The van der Waals surface area contributed by atoms with E-state index < -0.39 is 11.7 Å². The molecule has 6 heteroatoms. The van der Waals surface area contributed by atoms with Gasteiger partial charge in [0.05, 0.1) is 18.8 Å². The zero-order chi connectivity index (χ0) is 16.9. The third-order valence-electron chi connectivity index (χ3n) is 4.50. The second kappa shape index (κ2) is 7.64. The van der Waals surface area contributed by atoms with E-state index in [1.54, 1.807) is 13.2 Å². The van der Waals surface area contributed by atoms with Crippen LogP contribution in [-0.4, -0.2) is 50.0 Å². The summed E-state index contributed by atoms with van der Waals surface area (Å²) in [7, 11) is 1.63. The second-order valence-corrected chi connectivity index (χ2v) is 6.42. The van der Waals surface area contributed by atoms with Gasteiger partial charge in [-0.3, -0.25) is 0 Å². The molecule has 1 saturated heterocycles. The van der Waals surface area contributed by atoms with E-state index in [0.29, 0.717) is 18.6 Å². The summed E-state index contributed by atoms with van der Waals surface area (Å²) in [4.78, 5) is 2.25. The van der Waals surface area contributed by atoms with Crippen molar-refractivity contribution >= 4 is 0 Å². The number of aryl methyl sites for hydroxylation is 1. The van der Waals surface area contributed by atoms with Crippen molar-refractivity contribution in [3.63, 3.8) is 0 Å². The summed E-state index contributed by atoms with van der Waals surface area (Å²) in [6.45, 7) is 3.13. The maximum atomic E-state index is 12.7. The predicted molar refractivity (Wildman–Crippen MR) is 82.2 cm³/mol. The summed E-state index contributed by atoms with van der Waals surface area (Å²) in [5.41, 5.74) is -0.0646. The number of hydrogen-bond donors (Lipinski definition) is 1. The molecule has 0 bridgehead atoms. The minimum atomic E-state index is -4.29. The van der Waals surface area contributed by atoms with E-state index in [1.807, 2.05) is 0 Å². The monoisotopic (exact) mass is 331 g/mol. The standard InChI is InChI=1S/C17H24F3NO2/c1-23-13-16(12-22)7-9-21(11-16)8-3-5-14-4-2-6-15(10-14)17(18,19)20/h2,4,6,10,22H,3,5,7-9,11-13H2,1H3. The maximum Gasteiger partial charge on any atom is 0.416 e. The minimum Gasteiger partial charge on any atom is -0.396 e. The van der Waals surface area contributed by atoms with Crippen LogP contribution in [0.4, 0.5) is 13.2 Å². The molecule has 1 aromatic carbocycles. The number of benzene rings is 1. The topological polar surface area (TPSA) is 32.7 Å². The molecule has 0 radical (unpaired) electrons. The molecular formula is C17H24F3NO2. The Morgan fingerprint density at radius 1 is 1.35 bits per heavy atom. The third-order valence-corrected chi connectivity index (χ3v) is 4.50. The lowest BCUT2D eigenvalue weighted by Gasteiger charge is -2.26. The Balaban J connectivity index is 1.82. The van der Waals surface area contributed by atoms with Crippen LogP contribution in [0.1, 0.15) is 24.0 Å². The highest BCUT2D eigenvalue weighted by Crippen LogP contribution is 2.31. The third kappa shape index (κ3) is 4.93. The highest BCUT2D eigenvalue weighted by molar-refractivity contribution is 5.25. The molecule has 1 fully saturated rings. The number of alkyl halides is 3. The lowest BCUT2D eigenvalue weighted by atomic mass is 9.89. The quantitative estimate of drug-likeness (QED) is 0.834. The van der Waals surface area contributed by atoms with Crippen LogP contribution in [0, 0.1) is 5.41 Å². The fourth-order valence-electron chi connectivity index (χ4n) is 3.23. The average Bonchev–Trinajstić information content (AvgIpc) is 2.91. The Bertz CT molecular complexity index is 507. The van der Waals surface area contributed by atoms with Crippen molar-refractivity contribution in [2.24, 2.45) is 5.41 Å². The molecule has 0 aromatic heterocycles. The van der Waals surface area contributed by atoms with Crippen LogP contribution in [-0.2, 0) is 17.3 Å². The molecule has 2 rings (SSSR count). The van der Waals surface area contributed by atoms with Gasteiger partial charge in [-0.2, -0.15) is 13.2 Å². The molecule has 1 heterocycles. The summed E-state index contributed by atoms with van der Waals surface area (Å²) in [6.07, 6.45) is -1.97. The van der Waals surface area contributed by atoms with Gasteiger partial charge in [-0.05, 0) is 44.0 Å². The van der Waals surface area contributed by atoms with Crippen LogP contribution in [0.5, 0.6) is 0 Å². The Morgan fingerprint density at radius 2 is 2.13 bits per heavy atom. The van der Waals surface area contributed by atoms with E-state index in [0.717, 1.165) is 38.5 Å². The molecule has 1 aliphatic rings. The number of hydrogen-bond acceptors (Lipinski definition) is 3. The lowest BCUT2D eigenvalue weighted by molar-refractivity contribution is -0.137. The molecule has 23 heavy (non-hydrogen) atoms. The molecule has 1 N–H and O–H groups in total. The number of methoxy groups -OCH3 is 1. The zero-order valence-corrected chi connectivity index (χ0v) is 13.4. The van der Waals surface area contributed by atoms with Crippen molar-refractivity contribution in [3.8, 4) is 0 Å². The van der Waals surface area contributed by atoms with Gasteiger partial charge in [0.25, 0.3) is 0 Å². The summed E-state index contributed by atoms with van der Waals surface area (Å²) < 4.78 is 43.3. The van der Waals surface area contributed by atoms with E-state index in [1.165, 1.54) is 12.1 Å². The van der Waals surface area contributed by atoms with Crippen LogP contribution in [0.2, 0.25) is 0 Å². The fraction of sp³-hybridized carbons (Fsp3) is 0.647. The number of halogens is 3. The van der Waals surface area contributed by atoms with E-state index in [9.17, 15) is 18.3 Å². The van der Waals surface area contributed by atoms with Gasteiger partial charge < -0.3 is 14.7 Å². The maximum absolute atomic E-state index is 12.7. The largest absolute Gasteiger partial charge is 0.416 e. The van der Waals surface area contributed by atoms with E-state index in [2.05, 4.69) is 4.90 Å². The highest BCUT2D eigenvalue weighted by Gasteiger charge is 2.37. The number of aliphatic hydroxyl groups excluding tert-OH is 1. The van der Waals surface area contributed by atoms with Gasteiger partial charge in [-0.1, -0.05) is 18.2 Å². The molecule has 0 aliphatic carbocycles. The second-order valence-electron chi connectivity index (χ2n) is 6.42. The summed E-state index contributed by atoms with van der Waals surface area (Å²) in [6, 6.07) is 5.53. The van der Waals surface area contributed by atoms with Crippen molar-refractivity contribution in [2.75, 3.05) is 40.0 Å². The van der Waals surface area contributed by atoms with Crippen molar-refractivity contribution in [1.29, 1.82) is 0 Å². The summed E-state index contributed by atoms with van der Waals surface area (Å²) >= 11 is 0. The molecule has 1 atom stereocenters. The number of nitrogens with zero attached hydrogens (tertiary/aromatic N) is 1. The fourth-order valence-corrected chi connectivity index (χ4v) is 3.23. The number of likely N-dealkylation sites (tertiary alicyclic amines) is 1. The molecule has 0 saturated carbocycles. The Morgan fingerprint density at radius 3 is 2.78 bits per heavy atom. The number of rotatable bonds is 7. The molecule has 1 aliphatic heterocycles. The van der Waals surface area contributed by atoms with Gasteiger partial charge in [0.15, 0.2) is 0 Å².